The summed E-state index contributed by atoms with van der Waals surface area (Å²) < 4.78 is 0. The van der Waals surface area contributed by atoms with Crippen LogP contribution in [0, 0.1) is 6.92 Å². The number of pyridine rings is 1. The van der Waals surface area contributed by atoms with Crippen LogP contribution in [-0.4, -0.2) is 69.3 Å². The zero-order chi connectivity index (χ0) is 20.8. The molecule has 0 unspecified atom stereocenters. The van der Waals surface area contributed by atoms with E-state index in [9.17, 15) is 0 Å². The molecule has 0 amide bonds. The number of β-amino-alcohol motifs (C(OH)–C–C–N with tert-alkyl or cyclic N) is 1. The molecule has 2 aromatic heterocycles. The van der Waals surface area contributed by atoms with Crippen molar-refractivity contribution >= 4 is 29.3 Å². The molecule has 0 aliphatic carbocycles. The van der Waals surface area contributed by atoms with Crippen LogP contribution in [0.2, 0.25) is 0 Å². The van der Waals surface area contributed by atoms with Gasteiger partial charge in [-0.25, -0.2) is 0 Å². The van der Waals surface area contributed by atoms with E-state index in [1.807, 2.05) is 31.2 Å². The number of piperazine rings is 1. The van der Waals surface area contributed by atoms with Gasteiger partial charge in [0.15, 0.2) is 0 Å². The molecule has 2 N–H and O–H groups in total. The summed E-state index contributed by atoms with van der Waals surface area (Å²) in [6, 6.07) is 12.2. The molecule has 0 atom stereocenters. The zero-order valence-corrected chi connectivity index (χ0v) is 17.7. The van der Waals surface area contributed by atoms with Crippen LogP contribution in [0.25, 0.3) is 0 Å². The van der Waals surface area contributed by atoms with Crippen LogP contribution in [0.5, 0.6) is 0 Å². The van der Waals surface area contributed by atoms with Crippen LogP contribution in [-0.2, 0) is 0 Å². The van der Waals surface area contributed by atoms with Crippen LogP contribution < -0.4 is 10.2 Å². The lowest BCUT2D eigenvalue weighted by molar-refractivity contribution is 0.188. The quantitative estimate of drug-likeness (QED) is 0.595. The molecule has 0 bridgehead atoms. The standard InChI is InChI=1S/C21H25N7OS/c1-16-23-20(26-21(24-16)28-12-10-27(11-13-28)14-15-29)25-17-2-4-18(5-3-17)30-19-6-8-22-9-7-19/h2-9,29H,10-15H2,1H3,(H,23,24,25,26). The van der Waals surface area contributed by atoms with Crippen LogP contribution >= 0.6 is 11.8 Å². The Morgan fingerprint density at radius 1 is 0.933 bits per heavy atom. The molecule has 9 heteroatoms. The van der Waals surface area contributed by atoms with E-state index < -0.39 is 0 Å². The third-order valence-corrected chi connectivity index (χ3v) is 5.82. The van der Waals surface area contributed by atoms with Gasteiger partial charge in [-0.15, -0.1) is 0 Å². The van der Waals surface area contributed by atoms with Crippen molar-refractivity contribution in [3.05, 3.63) is 54.6 Å². The molecule has 3 heterocycles. The van der Waals surface area contributed by atoms with E-state index >= 15 is 0 Å². The number of anilines is 3. The number of aromatic nitrogens is 4. The second-order valence-electron chi connectivity index (χ2n) is 6.99. The first-order chi connectivity index (χ1) is 14.7. The van der Waals surface area contributed by atoms with E-state index in [0.717, 1.165) is 41.7 Å². The van der Waals surface area contributed by atoms with Crippen molar-refractivity contribution in [1.82, 2.24) is 24.8 Å². The summed E-state index contributed by atoms with van der Waals surface area (Å²) in [4.78, 5) is 24.4. The first kappa shape index (κ1) is 20.5. The molecule has 1 aliphatic rings. The van der Waals surface area contributed by atoms with Crippen molar-refractivity contribution in [2.24, 2.45) is 0 Å². The highest BCUT2D eigenvalue weighted by Crippen LogP contribution is 2.28. The molecule has 8 nitrogen and oxygen atoms in total. The van der Waals surface area contributed by atoms with Gasteiger partial charge in [0.1, 0.15) is 5.82 Å². The Morgan fingerprint density at radius 2 is 1.63 bits per heavy atom. The van der Waals surface area contributed by atoms with Crippen LogP contribution in [0.1, 0.15) is 5.82 Å². The fourth-order valence-electron chi connectivity index (χ4n) is 3.26. The van der Waals surface area contributed by atoms with Crippen molar-refractivity contribution < 1.29 is 5.11 Å². The van der Waals surface area contributed by atoms with Crippen molar-refractivity contribution in [2.75, 3.05) is 49.5 Å². The van der Waals surface area contributed by atoms with Crippen molar-refractivity contribution in [3.8, 4) is 0 Å². The SMILES string of the molecule is Cc1nc(Nc2ccc(Sc3ccncc3)cc2)nc(N2CCN(CCO)CC2)n1. The van der Waals surface area contributed by atoms with E-state index in [-0.39, 0.29) is 6.61 Å². The number of aryl methyl sites for hydroxylation is 1. The maximum absolute atomic E-state index is 9.10. The smallest absolute Gasteiger partial charge is 0.232 e. The number of rotatable bonds is 7. The highest BCUT2D eigenvalue weighted by atomic mass is 32.2. The van der Waals surface area contributed by atoms with E-state index in [1.165, 1.54) is 0 Å². The minimum atomic E-state index is 0.193. The van der Waals surface area contributed by atoms with Gasteiger partial charge in [-0.2, -0.15) is 15.0 Å². The molecule has 1 saturated heterocycles. The number of nitrogens with one attached hydrogen (secondary N) is 1. The van der Waals surface area contributed by atoms with Crippen molar-refractivity contribution in [2.45, 2.75) is 16.7 Å². The van der Waals surface area contributed by atoms with Gasteiger partial charge in [-0.05, 0) is 43.3 Å². The predicted molar refractivity (Wildman–Crippen MR) is 118 cm³/mol. The Hall–Kier alpha value is -2.75. The topological polar surface area (TPSA) is 90.3 Å². The predicted octanol–water partition coefficient (Wildman–Crippen LogP) is 2.58. The molecule has 156 valence electrons. The van der Waals surface area contributed by atoms with E-state index in [0.29, 0.717) is 24.3 Å². The summed E-state index contributed by atoms with van der Waals surface area (Å²) in [5, 5.41) is 12.4. The summed E-state index contributed by atoms with van der Waals surface area (Å²) >= 11 is 1.69. The van der Waals surface area contributed by atoms with Gasteiger partial charge in [-0.1, -0.05) is 11.8 Å². The Bertz CT molecular complexity index is 947. The summed E-state index contributed by atoms with van der Waals surface area (Å²) in [5.41, 5.74) is 0.929. The summed E-state index contributed by atoms with van der Waals surface area (Å²) in [5.74, 6) is 1.92. The number of nitrogens with zero attached hydrogens (tertiary/aromatic N) is 6. The normalized spacial score (nSPS) is 14.7. The highest BCUT2D eigenvalue weighted by molar-refractivity contribution is 7.99. The first-order valence-corrected chi connectivity index (χ1v) is 10.8. The Labute approximate surface area is 180 Å². The maximum Gasteiger partial charge on any atom is 0.232 e. The van der Waals surface area contributed by atoms with Gasteiger partial charge < -0.3 is 15.3 Å². The second-order valence-corrected chi connectivity index (χ2v) is 8.14. The molecule has 0 saturated carbocycles. The third kappa shape index (κ3) is 5.44. The molecule has 1 fully saturated rings. The fourth-order valence-corrected chi connectivity index (χ4v) is 4.06. The van der Waals surface area contributed by atoms with E-state index in [2.05, 4.69) is 47.2 Å². The summed E-state index contributed by atoms with van der Waals surface area (Å²) in [6.07, 6.45) is 3.59. The lowest BCUT2D eigenvalue weighted by atomic mass is 10.3. The van der Waals surface area contributed by atoms with Crippen molar-refractivity contribution in [1.29, 1.82) is 0 Å². The number of aliphatic hydroxyl groups excluding tert-OH is 1. The highest BCUT2D eigenvalue weighted by Gasteiger charge is 2.19. The molecule has 1 aliphatic heterocycles. The first-order valence-electron chi connectivity index (χ1n) is 9.95. The van der Waals surface area contributed by atoms with Gasteiger partial charge in [0, 0.05) is 60.6 Å². The van der Waals surface area contributed by atoms with Crippen molar-refractivity contribution in [3.63, 3.8) is 0 Å². The monoisotopic (exact) mass is 423 g/mol. The number of aliphatic hydroxyl groups is 1. The Morgan fingerprint density at radius 3 is 2.33 bits per heavy atom. The van der Waals surface area contributed by atoms with Gasteiger partial charge in [0.2, 0.25) is 11.9 Å². The van der Waals surface area contributed by atoms with Gasteiger partial charge in [0.25, 0.3) is 0 Å². The Kier molecular flexibility index (Phi) is 6.73. The maximum atomic E-state index is 9.10. The number of benzene rings is 1. The van der Waals surface area contributed by atoms with Gasteiger partial charge in [0.05, 0.1) is 6.61 Å². The molecule has 1 aromatic carbocycles. The third-order valence-electron chi connectivity index (χ3n) is 4.80. The molecular formula is C21H25N7OS. The van der Waals surface area contributed by atoms with Crippen LogP contribution in [0.3, 0.4) is 0 Å². The lowest BCUT2D eigenvalue weighted by Crippen LogP contribution is -2.47. The summed E-state index contributed by atoms with van der Waals surface area (Å²) in [6.45, 7) is 6.25. The average molecular weight is 424 g/mol. The number of hydrogen-bond donors (Lipinski definition) is 2. The molecule has 0 spiro atoms. The van der Waals surface area contributed by atoms with E-state index in [4.69, 9.17) is 5.11 Å². The second kappa shape index (κ2) is 9.84. The van der Waals surface area contributed by atoms with Crippen LogP contribution in [0.4, 0.5) is 17.6 Å². The minimum absolute atomic E-state index is 0.193. The van der Waals surface area contributed by atoms with Crippen LogP contribution in [0.15, 0.2) is 58.6 Å². The lowest BCUT2D eigenvalue weighted by Gasteiger charge is -2.34. The van der Waals surface area contributed by atoms with Gasteiger partial charge >= 0.3 is 0 Å². The molecule has 3 aromatic rings. The van der Waals surface area contributed by atoms with E-state index in [1.54, 1.807) is 24.2 Å². The largest absolute Gasteiger partial charge is 0.395 e. The average Bonchev–Trinajstić information content (AvgIpc) is 2.76. The minimum Gasteiger partial charge on any atom is -0.395 e. The zero-order valence-electron chi connectivity index (χ0n) is 16.9. The molecule has 30 heavy (non-hydrogen) atoms. The van der Waals surface area contributed by atoms with Gasteiger partial charge in [-0.3, -0.25) is 9.88 Å². The Balaban J connectivity index is 1.41. The fraction of sp³-hybridized carbons (Fsp3) is 0.333. The molecule has 0 radical (unpaired) electrons. The summed E-state index contributed by atoms with van der Waals surface area (Å²) in [7, 11) is 0. The molecular weight excluding hydrogens is 398 g/mol. The molecule has 4 rings (SSSR count). The number of hydrogen-bond acceptors (Lipinski definition) is 9.